The summed E-state index contributed by atoms with van der Waals surface area (Å²) in [7, 11) is 0. The molecule has 2 aromatic carbocycles. The van der Waals surface area contributed by atoms with Crippen LogP contribution in [0, 0.1) is 17.6 Å². The minimum absolute atomic E-state index is 0.297. The van der Waals surface area contributed by atoms with Gasteiger partial charge >= 0.3 is 0 Å². The Bertz CT molecular complexity index is 595. The summed E-state index contributed by atoms with van der Waals surface area (Å²) in [6.45, 7) is 0.799. The molecular weight excluding hydrogens is 244 g/mol. The van der Waals surface area contributed by atoms with Crippen molar-refractivity contribution in [3.05, 3.63) is 65.2 Å². The van der Waals surface area contributed by atoms with Crippen LogP contribution in [0.5, 0.6) is 0 Å². The van der Waals surface area contributed by atoms with Gasteiger partial charge in [-0.1, -0.05) is 30.3 Å². The van der Waals surface area contributed by atoms with Crippen molar-refractivity contribution in [3.63, 3.8) is 0 Å². The van der Waals surface area contributed by atoms with Crippen LogP contribution in [0.15, 0.2) is 42.5 Å². The van der Waals surface area contributed by atoms with Crippen molar-refractivity contribution >= 4 is 5.69 Å². The van der Waals surface area contributed by atoms with Gasteiger partial charge in [-0.05, 0) is 42.0 Å². The summed E-state index contributed by atoms with van der Waals surface area (Å²) in [6.07, 6.45) is 1.46. The van der Waals surface area contributed by atoms with Crippen molar-refractivity contribution < 1.29 is 8.78 Å². The predicted octanol–water partition coefficient (Wildman–Crippen LogP) is 3.79. The zero-order chi connectivity index (χ0) is 13.2. The molecule has 0 saturated heterocycles. The van der Waals surface area contributed by atoms with Crippen LogP contribution in [0.25, 0.3) is 0 Å². The van der Waals surface area contributed by atoms with Crippen LogP contribution in [0.1, 0.15) is 11.1 Å². The summed E-state index contributed by atoms with van der Waals surface area (Å²) in [5, 5.41) is 3.35. The van der Waals surface area contributed by atoms with Crippen molar-refractivity contribution in [3.8, 4) is 0 Å². The maximum Gasteiger partial charge on any atom is 0.162 e. The maximum atomic E-state index is 13.7. The lowest BCUT2D eigenvalue weighted by atomic mass is 9.89. The van der Waals surface area contributed by atoms with E-state index in [2.05, 4.69) is 11.4 Å². The fourth-order valence-electron chi connectivity index (χ4n) is 2.67. The molecule has 1 heterocycles. The van der Waals surface area contributed by atoms with Crippen molar-refractivity contribution in [2.24, 2.45) is 5.92 Å². The van der Waals surface area contributed by atoms with Gasteiger partial charge in [0, 0.05) is 12.2 Å². The molecule has 1 nitrogen and oxygen atoms in total. The van der Waals surface area contributed by atoms with Crippen LogP contribution in [0.2, 0.25) is 0 Å². The van der Waals surface area contributed by atoms with E-state index in [1.54, 1.807) is 12.1 Å². The molecule has 0 spiro atoms. The number of hydrogen-bond donors (Lipinski definition) is 1. The van der Waals surface area contributed by atoms with Gasteiger partial charge in [0.1, 0.15) is 0 Å². The number of benzene rings is 2. The second-order valence-corrected chi connectivity index (χ2v) is 5.03. The lowest BCUT2D eigenvalue weighted by Gasteiger charge is -2.26. The first kappa shape index (κ1) is 12.2. The fourth-order valence-corrected chi connectivity index (χ4v) is 2.67. The SMILES string of the molecule is Fc1cccc(CC2CNc3ccccc3C2)c1F. The van der Waals surface area contributed by atoms with E-state index >= 15 is 0 Å². The molecule has 1 aliphatic rings. The van der Waals surface area contributed by atoms with Crippen molar-refractivity contribution in [1.82, 2.24) is 0 Å². The summed E-state index contributed by atoms with van der Waals surface area (Å²) in [6, 6.07) is 12.5. The largest absolute Gasteiger partial charge is 0.385 e. The van der Waals surface area contributed by atoms with Crippen molar-refractivity contribution in [2.45, 2.75) is 12.8 Å². The van der Waals surface area contributed by atoms with Gasteiger partial charge in [-0.3, -0.25) is 0 Å². The zero-order valence-electron chi connectivity index (χ0n) is 10.5. The first-order valence-corrected chi connectivity index (χ1v) is 6.48. The van der Waals surface area contributed by atoms with Crippen molar-refractivity contribution in [2.75, 3.05) is 11.9 Å². The quantitative estimate of drug-likeness (QED) is 0.865. The Hall–Kier alpha value is -1.90. The number of rotatable bonds is 2. The maximum absolute atomic E-state index is 13.7. The molecule has 0 radical (unpaired) electrons. The Balaban J connectivity index is 1.77. The van der Waals surface area contributed by atoms with Crippen LogP contribution in [-0.4, -0.2) is 6.54 Å². The third kappa shape index (κ3) is 2.46. The Morgan fingerprint density at radius 1 is 1.05 bits per heavy atom. The number of hydrogen-bond acceptors (Lipinski definition) is 1. The smallest absolute Gasteiger partial charge is 0.162 e. The lowest BCUT2D eigenvalue weighted by Crippen LogP contribution is -2.25. The van der Waals surface area contributed by atoms with E-state index in [1.165, 1.54) is 5.56 Å². The molecule has 1 atom stereocenters. The number of para-hydroxylation sites is 1. The van der Waals surface area contributed by atoms with Gasteiger partial charge in [0.2, 0.25) is 0 Å². The Morgan fingerprint density at radius 3 is 2.79 bits per heavy atom. The molecule has 0 aliphatic carbocycles. The molecule has 0 aromatic heterocycles. The van der Waals surface area contributed by atoms with E-state index in [1.807, 2.05) is 18.2 Å². The van der Waals surface area contributed by atoms with E-state index in [9.17, 15) is 8.78 Å². The van der Waals surface area contributed by atoms with E-state index in [0.717, 1.165) is 24.7 Å². The molecule has 2 aromatic rings. The van der Waals surface area contributed by atoms with Crippen LogP contribution in [-0.2, 0) is 12.8 Å². The molecule has 3 heteroatoms. The molecule has 0 bridgehead atoms. The highest BCUT2D eigenvalue weighted by atomic mass is 19.2. The normalized spacial score (nSPS) is 17.7. The summed E-state index contributed by atoms with van der Waals surface area (Å²) >= 11 is 0. The minimum Gasteiger partial charge on any atom is -0.385 e. The Morgan fingerprint density at radius 2 is 1.89 bits per heavy atom. The monoisotopic (exact) mass is 259 g/mol. The topological polar surface area (TPSA) is 12.0 Å². The third-order valence-electron chi connectivity index (χ3n) is 3.65. The second-order valence-electron chi connectivity index (χ2n) is 5.03. The highest BCUT2D eigenvalue weighted by Crippen LogP contribution is 2.27. The number of fused-ring (bicyclic) bond motifs is 1. The van der Waals surface area contributed by atoms with Crippen LogP contribution >= 0.6 is 0 Å². The third-order valence-corrected chi connectivity index (χ3v) is 3.65. The van der Waals surface area contributed by atoms with E-state index in [4.69, 9.17) is 0 Å². The summed E-state index contributed by atoms with van der Waals surface area (Å²) in [5.41, 5.74) is 2.86. The molecule has 1 N–H and O–H groups in total. The van der Waals surface area contributed by atoms with E-state index < -0.39 is 11.6 Å². The summed E-state index contributed by atoms with van der Waals surface area (Å²) < 4.78 is 26.8. The highest BCUT2D eigenvalue weighted by molar-refractivity contribution is 5.53. The van der Waals surface area contributed by atoms with Gasteiger partial charge in [0.05, 0.1) is 0 Å². The summed E-state index contributed by atoms with van der Waals surface area (Å²) in [4.78, 5) is 0. The predicted molar refractivity (Wildman–Crippen MR) is 72.2 cm³/mol. The Kier molecular flexibility index (Phi) is 3.20. The molecule has 3 rings (SSSR count). The molecule has 0 saturated carbocycles. The molecule has 0 fully saturated rings. The highest BCUT2D eigenvalue weighted by Gasteiger charge is 2.20. The van der Waals surface area contributed by atoms with Gasteiger partial charge in [0.25, 0.3) is 0 Å². The standard InChI is InChI=1S/C16H15F2N/c17-14-6-3-5-13(16(14)18)9-11-8-12-4-1-2-7-15(12)19-10-11/h1-7,11,19H,8-10H2. The number of anilines is 1. The first-order chi connectivity index (χ1) is 9.24. The summed E-state index contributed by atoms with van der Waals surface area (Å²) in [5.74, 6) is -1.17. The van der Waals surface area contributed by atoms with E-state index in [-0.39, 0.29) is 0 Å². The van der Waals surface area contributed by atoms with Crippen LogP contribution < -0.4 is 5.32 Å². The number of halogens is 2. The first-order valence-electron chi connectivity index (χ1n) is 6.48. The molecule has 0 amide bonds. The van der Waals surface area contributed by atoms with Crippen LogP contribution in [0.3, 0.4) is 0 Å². The number of nitrogens with one attached hydrogen (secondary N) is 1. The van der Waals surface area contributed by atoms with Gasteiger partial charge in [-0.25, -0.2) is 8.78 Å². The van der Waals surface area contributed by atoms with Gasteiger partial charge < -0.3 is 5.32 Å². The average Bonchev–Trinajstić information content (AvgIpc) is 2.44. The van der Waals surface area contributed by atoms with Crippen LogP contribution in [0.4, 0.5) is 14.5 Å². The molecule has 1 aliphatic heterocycles. The van der Waals surface area contributed by atoms with Gasteiger partial charge in [-0.15, -0.1) is 0 Å². The van der Waals surface area contributed by atoms with Gasteiger partial charge in [-0.2, -0.15) is 0 Å². The second kappa shape index (κ2) is 5.00. The van der Waals surface area contributed by atoms with Crippen molar-refractivity contribution in [1.29, 1.82) is 0 Å². The molecule has 1 unspecified atom stereocenters. The lowest BCUT2D eigenvalue weighted by molar-refractivity contribution is 0.474. The Labute approximate surface area is 111 Å². The molecule has 98 valence electrons. The van der Waals surface area contributed by atoms with E-state index in [0.29, 0.717) is 17.9 Å². The zero-order valence-corrected chi connectivity index (χ0v) is 10.5. The average molecular weight is 259 g/mol. The molecule has 19 heavy (non-hydrogen) atoms. The van der Waals surface area contributed by atoms with Gasteiger partial charge in [0.15, 0.2) is 11.6 Å². The minimum atomic E-state index is -0.762. The molecular formula is C16H15F2N. The fraction of sp³-hybridized carbons (Fsp3) is 0.250.